The maximum atomic E-state index is 5.09. The van der Waals surface area contributed by atoms with Gasteiger partial charge in [-0.25, -0.2) is 9.97 Å². The Morgan fingerprint density at radius 3 is 3.07 bits per heavy atom. The van der Waals surface area contributed by atoms with E-state index in [9.17, 15) is 0 Å². The summed E-state index contributed by atoms with van der Waals surface area (Å²) in [5, 5.41) is 2.48. The van der Waals surface area contributed by atoms with Crippen molar-refractivity contribution in [1.82, 2.24) is 15.0 Å². The van der Waals surface area contributed by atoms with Gasteiger partial charge in [-0.3, -0.25) is 0 Å². The van der Waals surface area contributed by atoms with Crippen molar-refractivity contribution in [2.24, 2.45) is 0 Å². The summed E-state index contributed by atoms with van der Waals surface area (Å²) in [7, 11) is 1.59. The highest BCUT2D eigenvalue weighted by molar-refractivity contribution is 7.71. The molecule has 0 unspecified atom stereocenters. The van der Waals surface area contributed by atoms with Crippen LogP contribution in [0.3, 0.4) is 0 Å². The van der Waals surface area contributed by atoms with Crippen LogP contribution in [0.15, 0.2) is 17.8 Å². The average Bonchev–Trinajstić information content (AvgIpc) is 2.67. The lowest BCUT2D eigenvalue weighted by Crippen LogP contribution is -1.87. The van der Waals surface area contributed by atoms with Crippen LogP contribution in [0.1, 0.15) is 0 Å². The molecule has 2 heterocycles. The number of thiazole rings is 1. The molecule has 1 N–H and O–H groups in total. The second-order valence-electron chi connectivity index (χ2n) is 2.47. The summed E-state index contributed by atoms with van der Waals surface area (Å²) in [5.74, 6) is 0. The molecule has 0 amide bonds. The highest BCUT2D eigenvalue weighted by Crippen LogP contribution is 2.24. The van der Waals surface area contributed by atoms with E-state index in [2.05, 4.69) is 15.0 Å². The van der Waals surface area contributed by atoms with Gasteiger partial charge in [0.05, 0.1) is 7.11 Å². The number of nitrogens with one attached hydrogen (secondary N) is 1. The molecule has 0 saturated heterocycles. The van der Waals surface area contributed by atoms with Crippen LogP contribution in [-0.2, 0) is 0 Å². The summed E-state index contributed by atoms with van der Waals surface area (Å²) in [5.41, 5.74) is 1.43. The third-order valence-corrected chi connectivity index (χ3v) is 2.72. The van der Waals surface area contributed by atoms with E-state index >= 15 is 0 Å². The first-order valence-corrected chi connectivity index (χ1v) is 5.13. The molecule has 0 spiro atoms. The zero-order valence-corrected chi connectivity index (χ0v) is 8.98. The number of rotatable bonds is 2. The minimum absolute atomic E-state index is 0.584. The summed E-state index contributed by atoms with van der Waals surface area (Å²) in [6.45, 7) is 0. The summed E-state index contributed by atoms with van der Waals surface area (Å²) < 4.78 is 5.58. The monoisotopic (exact) mass is 225 g/mol. The van der Waals surface area contributed by atoms with Crippen LogP contribution in [0, 0.1) is 4.64 Å². The first-order valence-electron chi connectivity index (χ1n) is 3.85. The number of aromatic amines is 1. The number of nitrogens with zero attached hydrogens (tertiary/aromatic N) is 2. The van der Waals surface area contributed by atoms with Crippen molar-refractivity contribution in [3.05, 3.63) is 22.4 Å². The van der Waals surface area contributed by atoms with Crippen LogP contribution >= 0.6 is 23.6 Å². The van der Waals surface area contributed by atoms with E-state index in [1.54, 1.807) is 19.5 Å². The van der Waals surface area contributed by atoms with Crippen LogP contribution in [0.25, 0.3) is 11.4 Å². The van der Waals surface area contributed by atoms with Crippen molar-refractivity contribution in [3.63, 3.8) is 0 Å². The molecule has 4 nitrogen and oxygen atoms in total. The van der Waals surface area contributed by atoms with Gasteiger partial charge in [0.15, 0.2) is 0 Å². The van der Waals surface area contributed by atoms with Crippen LogP contribution in [0.2, 0.25) is 0 Å². The quantitative estimate of drug-likeness (QED) is 0.797. The third kappa shape index (κ3) is 1.66. The Labute approximate surface area is 89.6 Å². The van der Waals surface area contributed by atoms with Gasteiger partial charge in [0.25, 0.3) is 5.19 Å². The van der Waals surface area contributed by atoms with Crippen molar-refractivity contribution in [2.75, 3.05) is 7.11 Å². The molecule has 0 radical (unpaired) electrons. The maximum absolute atomic E-state index is 5.09. The second-order valence-corrected chi connectivity index (χ2v) is 3.70. The molecule has 2 aromatic rings. The van der Waals surface area contributed by atoms with Crippen LogP contribution < -0.4 is 4.74 Å². The van der Waals surface area contributed by atoms with E-state index in [-0.39, 0.29) is 0 Å². The third-order valence-electron chi connectivity index (χ3n) is 1.61. The average molecular weight is 225 g/mol. The molecule has 0 aliphatic carbocycles. The zero-order chi connectivity index (χ0) is 9.97. The Hall–Kier alpha value is -1.27. The molecule has 6 heteroatoms. The fourth-order valence-electron chi connectivity index (χ4n) is 0.994. The number of ether oxygens (including phenoxy) is 1. The Balaban J connectivity index is 2.50. The summed E-state index contributed by atoms with van der Waals surface area (Å²) in [4.78, 5) is 11.3. The van der Waals surface area contributed by atoms with E-state index in [1.807, 2.05) is 5.38 Å². The molecular weight excluding hydrogens is 218 g/mol. The molecule has 0 saturated carbocycles. The lowest BCUT2D eigenvalue weighted by Gasteiger charge is -1.94. The van der Waals surface area contributed by atoms with E-state index in [0.717, 1.165) is 5.69 Å². The van der Waals surface area contributed by atoms with E-state index in [1.165, 1.54) is 11.3 Å². The summed E-state index contributed by atoms with van der Waals surface area (Å²) in [6, 6.07) is 0. The predicted octanol–water partition coefficient (Wildman–Crippen LogP) is 2.27. The lowest BCUT2D eigenvalue weighted by atomic mass is 10.4. The highest BCUT2D eigenvalue weighted by atomic mass is 32.1. The lowest BCUT2D eigenvalue weighted by molar-refractivity contribution is 0.412. The zero-order valence-electron chi connectivity index (χ0n) is 7.35. The molecule has 0 aromatic carbocycles. The first-order chi connectivity index (χ1) is 6.81. The number of methoxy groups -OCH3 is 1. The van der Waals surface area contributed by atoms with Crippen molar-refractivity contribution in [2.45, 2.75) is 0 Å². The van der Waals surface area contributed by atoms with Gasteiger partial charge in [-0.15, -0.1) is 0 Å². The molecular formula is C8H7N3OS2. The minimum Gasteiger partial charge on any atom is -0.473 e. The van der Waals surface area contributed by atoms with Crippen molar-refractivity contribution in [1.29, 1.82) is 0 Å². The predicted molar refractivity (Wildman–Crippen MR) is 57.1 cm³/mol. The molecule has 72 valence electrons. The van der Waals surface area contributed by atoms with Crippen LogP contribution in [0.5, 0.6) is 5.19 Å². The molecule has 0 aliphatic rings. The van der Waals surface area contributed by atoms with Gasteiger partial charge in [0.1, 0.15) is 16.0 Å². The SMILES string of the molecule is COc1nc(-c2ncc[nH]c2=S)cs1. The number of aromatic nitrogens is 3. The highest BCUT2D eigenvalue weighted by Gasteiger charge is 2.06. The van der Waals surface area contributed by atoms with Crippen LogP contribution in [-0.4, -0.2) is 22.1 Å². The molecule has 0 aliphatic heterocycles. The number of H-pyrrole nitrogens is 1. The maximum Gasteiger partial charge on any atom is 0.273 e. The smallest absolute Gasteiger partial charge is 0.273 e. The van der Waals surface area contributed by atoms with Gasteiger partial charge in [0.2, 0.25) is 0 Å². The largest absolute Gasteiger partial charge is 0.473 e. The standard InChI is InChI=1S/C8H7N3OS2/c1-12-8-11-5(4-14-8)6-7(13)10-3-2-9-6/h2-4H,1H3,(H,10,13). The molecule has 0 fully saturated rings. The number of hydrogen-bond donors (Lipinski definition) is 1. The minimum atomic E-state index is 0.584. The van der Waals surface area contributed by atoms with Gasteiger partial charge in [-0.2, -0.15) is 0 Å². The van der Waals surface area contributed by atoms with Crippen molar-refractivity contribution < 1.29 is 4.74 Å². The van der Waals surface area contributed by atoms with Gasteiger partial charge in [-0.05, 0) is 0 Å². The van der Waals surface area contributed by atoms with E-state index in [4.69, 9.17) is 17.0 Å². The molecule has 0 atom stereocenters. The molecule has 2 aromatic heterocycles. The second kappa shape index (κ2) is 3.85. The topological polar surface area (TPSA) is 50.8 Å². The van der Waals surface area contributed by atoms with Gasteiger partial charge in [-0.1, -0.05) is 23.6 Å². The van der Waals surface area contributed by atoms with Crippen molar-refractivity contribution >= 4 is 23.6 Å². The fraction of sp³-hybridized carbons (Fsp3) is 0.125. The normalized spacial score (nSPS) is 10.1. The van der Waals surface area contributed by atoms with E-state index < -0.39 is 0 Å². The van der Waals surface area contributed by atoms with Crippen molar-refractivity contribution in [3.8, 4) is 16.6 Å². The number of hydrogen-bond acceptors (Lipinski definition) is 5. The summed E-state index contributed by atoms with van der Waals surface area (Å²) >= 11 is 6.50. The fourth-order valence-corrected chi connectivity index (χ4v) is 1.84. The molecule has 2 rings (SSSR count). The Morgan fingerprint density at radius 2 is 2.43 bits per heavy atom. The molecule has 0 bridgehead atoms. The van der Waals surface area contributed by atoms with Gasteiger partial charge < -0.3 is 9.72 Å². The van der Waals surface area contributed by atoms with E-state index in [0.29, 0.717) is 15.5 Å². The Morgan fingerprint density at radius 1 is 1.57 bits per heavy atom. The van der Waals surface area contributed by atoms with Gasteiger partial charge in [0, 0.05) is 17.8 Å². The Kier molecular flexibility index (Phi) is 2.55. The molecule has 14 heavy (non-hydrogen) atoms. The van der Waals surface area contributed by atoms with Gasteiger partial charge >= 0.3 is 0 Å². The summed E-state index contributed by atoms with van der Waals surface area (Å²) in [6.07, 6.45) is 3.34. The van der Waals surface area contributed by atoms with Crippen LogP contribution in [0.4, 0.5) is 0 Å². The first kappa shape index (κ1) is 9.29. The Bertz CT molecular complexity index is 491.